The highest BCUT2D eigenvalue weighted by Crippen LogP contribution is 2.33. The summed E-state index contributed by atoms with van der Waals surface area (Å²) in [6, 6.07) is 23.2. The number of hydrogen-bond acceptors (Lipinski definition) is 10. The number of aryl methyl sites for hydroxylation is 1. The molecule has 4 aromatic rings. The van der Waals surface area contributed by atoms with Crippen LogP contribution in [0.5, 0.6) is 5.75 Å². The molecule has 0 aromatic heterocycles. The monoisotopic (exact) mass is 758 g/mol. The minimum absolute atomic E-state index is 0.0101. The Morgan fingerprint density at radius 2 is 1.46 bits per heavy atom. The van der Waals surface area contributed by atoms with E-state index in [2.05, 4.69) is 16.0 Å². The van der Waals surface area contributed by atoms with Gasteiger partial charge in [-0.05, 0) is 91.4 Å². The van der Waals surface area contributed by atoms with E-state index in [1.807, 2.05) is 37.3 Å². The highest BCUT2D eigenvalue weighted by Gasteiger charge is 2.45. The summed E-state index contributed by atoms with van der Waals surface area (Å²) in [6.45, 7) is 2.31. The molecule has 3 N–H and O–H groups in total. The lowest BCUT2D eigenvalue weighted by molar-refractivity contribution is -0.136. The van der Waals surface area contributed by atoms with Crippen LogP contribution < -0.4 is 20.7 Å². The van der Waals surface area contributed by atoms with Crippen LogP contribution in [-0.4, -0.2) is 84.8 Å². The predicted molar refractivity (Wildman–Crippen MR) is 201 cm³/mol. The fourth-order valence-electron chi connectivity index (χ4n) is 6.52. The first-order valence-corrected chi connectivity index (χ1v) is 18.2. The standard InChI is InChI=1S/C42H38N4O10/c1-24-5-6-28(38(49)43-29-13-14-29)23-32(24)25-7-9-26(10-8-25)37(48)27-11-15-30(16-12-27)55-21-19-54-20-22-56-42(53)44-33-4-2-3-31-36(33)41(52)46(40(31)51)34-17-18-35(47)45-39(34)50/h2-12,15-16,23,29,34H,13-14,17-22H2,1H3,(H,43,49)(H,44,53)(H,45,47,50). The zero-order valence-corrected chi connectivity index (χ0v) is 30.4. The van der Waals surface area contributed by atoms with Crippen molar-refractivity contribution in [3.63, 3.8) is 0 Å². The minimum Gasteiger partial charge on any atom is -0.491 e. The van der Waals surface area contributed by atoms with E-state index in [4.69, 9.17) is 14.2 Å². The number of anilines is 1. The number of amides is 6. The second-order valence-electron chi connectivity index (χ2n) is 13.6. The zero-order valence-electron chi connectivity index (χ0n) is 30.4. The molecule has 1 unspecified atom stereocenters. The largest absolute Gasteiger partial charge is 0.491 e. The first-order chi connectivity index (χ1) is 27.1. The third kappa shape index (κ3) is 8.35. The summed E-state index contributed by atoms with van der Waals surface area (Å²) in [7, 11) is 0. The van der Waals surface area contributed by atoms with Gasteiger partial charge in [0.2, 0.25) is 11.8 Å². The van der Waals surface area contributed by atoms with E-state index in [-0.39, 0.29) is 73.8 Å². The van der Waals surface area contributed by atoms with Crippen LogP contribution in [0, 0.1) is 6.92 Å². The number of imide groups is 2. The van der Waals surface area contributed by atoms with Gasteiger partial charge in [-0.1, -0.05) is 36.4 Å². The molecule has 0 spiro atoms. The Hall–Kier alpha value is -6.67. The van der Waals surface area contributed by atoms with Gasteiger partial charge in [-0.3, -0.25) is 44.3 Å². The van der Waals surface area contributed by atoms with E-state index in [0.29, 0.717) is 22.4 Å². The molecule has 1 aliphatic carbocycles. The maximum atomic E-state index is 13.2. The SMILES string of the molecule is Cc1ccc(C(=O)NC2CC2)cc1-c1ccc(C(=O)c2ccc(OCCOCCOC(=O)Nc3cccc4c3C(=O)N(C3CCC(=O)NC3=O)C4=O)cc2)cc1. The number of piperidine rings is 1. The van der Waals surface area contributed by atoms with E-state index in [1.54, 1.807) is 36.4 Å². The molecule has 14 heteroatoms. The van der Waals surface area contributed by atoms with Gasteiger partial charge in [-0.2, -0.15) is 0 Å². The normalized spacial score (nSPS) is 16.2. The molecule has 0 bridgehead atoms. The highest BCUT2D eigenvalue weighted by molar-refractivity contribution is 6.26. The number of rotatable bonds is 14. The number of carbonyl (C=O) groups is 7. The average Bonchev–Trinajstić information content (AvgIpc) is 3.98. The van der Waals surface area contributed by atoms with Gasteiger partial charge in [0, 0.05) is 29.2 Å². The van der Waals surface area contributed by atoms with Gasteiger partial charge in [0.1, 0.15) is 25.0 Å². The van der Waals surface area contributed by atoms with Crippen molar-refractivity contribution in [3.05, 3.63) is 118 Å². The Morgan fingerprint density at radius 1 is 0.768 bits per heavy atom. The van der Waals surface area contributed by atoms with Crippen LogP contribution in [0.2, 0.25) is 0 Å². The Bertz CT molecular complexity index is 2230. The van der Waals surface area contributed by atoms with Gasteiger partial charge in [0.05, 0.1) is 30.0 Å². The third-order valence-corrected chi connectivity index (χ3v) is 9.65. The number of fused-ring (bicyclic) bond motifs is 1. The summed E-state index contributed by atoms with van der Waals surface area (Å²) in [5.41, 5.74) is 4.51. The summed E-state index contributed by atoms with van der Waals surface area (Å²) < 4.78 is 16.4. The summed E-state index contributed by atoms with van der Waals surface area (Å²) in [5, 5.41) is 7.63. The number of hydrogen-bond donors (Lipinski definition) is 3. The Balaban J connectivity index is 0.827. The van der Waals surface area contributed by atoms with E-state index in [0.717, 1.165) is 34.4 Å². The first-order valence-electron chi connectivity index (χ1n) is 18.2. The van der Waals surface area contributed by atoms with Gasteiger partial charge < -0.3 is 19.5 Å². The number of nitrogens with zero attached hydrogens (tertiary/aromatic N) is 1. The summed E-state index contributed by atoms with van der Waals surface area (Å²) in [4.78, 5) is 89.1. The third-order valence-electron chi connectivity index (χ3n) is 9.65. The van der Waals surface area contributed by atoms with Crippen molar-refractivity contribution in [2.24, 2.45) is 0 Å². The van der Waals surface area contributed by atoms with Crippen molar-refractivity contribution in [1.29, 1.82) is 0 Å². The second-order valence-corrected chi connectivity index (χ2v) is 13.6. The fourth-order valence-corrected chi connectivity index (χ4v) is 6.52. The quantitative estimate of drug-likeness (QED) is 0.0914. The highest BCUT2D eigenvalue weighted by atomic mass is 16.6. The first kappa shape index (κ1) is 37.6. The lowest BCUT2D eigenvalue weighted by Gasteiger charge is -2.27. The van der Waals surface area contributed by atoms with Crippen LogP contribution in [0.15, 0.2) is 84.9 Å². The molecule has 1 atom stereocenters. The van der Waals surface area contributed by atoms with Crippen molar-refractivity contribution < 1.29 is 47.8 Å². The molecule has 14 nitrogen and oxygen atoms in total. The van der Waals surface area contributed by atoms with Crippen LogP contribution in [0.3, 0.4) is 0 Å². The topological polar surface area (TPSA) is 187 Å². The summed E-state index contributed by atoms with van der Waals surface area (Å²) in [5.74, 6) is -2.33. The molecule has 0 radical (unpaired) electrons. The maximum Gasteiger partial charge on any atom is 0.411 e. The molecule has 1 saturated heterocycles. The van der Waals surface area contributed by atoms with Crippen molar-refractivity contribution >= 4 is 47.1 Å². The van der Waals surface area contributed by atoms with Gasteiger partial charge >= 0.3 is 6.09 Å². The van der Waals surface area contributed by atoms with Crippen LogP contribution in [0.1, 0.15) is 78.2 Å². The zero-order chi connectivity index (χ0) is 39.3. The maximum absolute atomic E-state index is 13.2. The molecule has 3 aliphatic rings. The van der Waals surface area contributed by atoms with Gasteiger partial charge in [0.25, 0.3) is 17.7 Å². The molecule has 6 amide bonds. The number of ether oxygens (including phenoxy) is 3. The molecule has 56 heavy (non-hydrogen) atoms. The van der Waals surface area contributed by atoms with Crippen LogP contribution in [0.4, 0.5) is 10.5 Å². The van der Waals surface area contributed by atoms with E-state index in [1.165, 1.54) is 18.2 Å². The van der Waals surface area contributed by atoms with Gasteiger partial charge in [0.15, 0.2) is 5.78 Å². The van der Waals surface area contributed by atoms with Crippen LogP contribution in [-0.2, 0) is 19.1 Å². The predicted octanol–water partition coefficient (Wildman–Crippen LogP) is 4.83. The molecular formula is C42H38N4O10. The van der Waals surface area contributed by atoms with Crippen molar-refractivity contribution in [2.75, 3.05) is 31.7 Å². The molecule has 4 aromatic carbocycles. The van der Waals surface area contributed by atoms with E-state index in [9.17, 15) is 33.6 Å². The molecule has 2 aliphatic heterocycles. The lowest BCUT2D eigenvalue weighted by Crippen LogP contribution is -2.54. The Kier molecular flexibility index (Phi) is 11.0. The molecule has 1 saturated carbocycles. The van der Waals surface area contributed by atoms with Gasteiger partial charge in [-0.15, -0.1) is 0 Å². The number of nitrogens with one attached hydrogen (secondary N) is 3. The van der Waals surface area contributed by atoms with Gasteiger partial charge in [-0.25, -0.2) is 4.79 Å². The van der Waals surface area contributed by atoms with Crippen molar-refractivity contribution in [1.82, 2.24) is 15.5 Å². The molecule has 7 rings (SSSR count). The molecular weight excluding hydrogens is 720 g/mol. The summed E-state index contributed by atoms with van der Waals surface area (Å²) in [6.07, 6.45) is 1.16. The average molecular weight is 759 g/mol. The van der Waals surface area contributed by atoms with Crippen molar-refractivity contribution in [2.45, 2.75) is 44.7 Å². The molecule has 2 heterocycles. The minimum atomic E-state index is -1.13. The van der Waals surface area contributed by atoms with E-state index < -0.39 is 35.8 Å². The number of benzene rings is 4. The molecule has 286 valence electrons. The van der Waals surface area contributed by atoms with Crippen LogP contribution >= 0.6 is 0 Å². The summed E-state index contributed by atoms with van der Waals surface area (Å²) >= 11 is 0. The van der Waals surface area contributed by atoms with E-state index >= 15 is 0 Å². The Labute approximate surface area is 321 Å². The molecule has 2 fully saturated rings. The lowest BCUT2D eigenvalue weighted by atomic mass is 9.95. The van der Waals surface area contributed by atoms with Crippen molar-refractivity contribution in [3.8, 4) is 16.9 Å². The second kappa shape index (κ2) is 16.4. The Morgan fingerprint density at radius 3 is 2.18 bits per heavy atom. The number of carbonyl (C=O) groups excluding carboxylic acids is 7. The number of ketones is 1. The fraction of sp³-hybridized carbons (Fsp3) is 0.262. The van der Waals surface area contributed by atoms with Crippen LogP contribution in [0.25, 0.3) is 11.1 Å². The smallest absolute Gasteiger partial charge is 0.411 e.